The highest BCUT2D eigenvalue weighted by Gasteiger charge is 2.24. The maximum Gasteiger partial charge on any atom is 0.222 e. The van der Waals surface area contributed by atoms with E-state index >= 15 is 0 Å². The zero-order chi connectivity index (χ0) is 14.4. The van der Waals surface area contributed by atoms with Gasteiger partial charge in [0, 0.05) is 16.6 Å². The number of carbonyl (C=O) groups is 1. The molecule has 2 aromatic carbocycles. The van der Waals surface area contributed by atoms with Crippen LogP contribution in [-0.4, -0.2) is 10.5 Å². The molecule has 0 N–H and O–H groups in total. The first-order valence-electron chi connectivity index (χ1n) is 6.26. The van der Waals surface area contributed by atoms with Gasteiger partial charge < -0.3 is 0 Å². The molecular formula is C16H14Cl2OS. The second-order valence-corrected chi connectivity index (χ2v) is 6.55. The summed E-state index contributed by atoms with van der Waals surface area (Å²) in [7, 11) is 0. The third-order valence-electron chi connectivity index (χ3n) is 2.84. The molecule has 2 rings (SSSR count). The van der Waals surface area contributed by atoms with E-state index in [-0.39, 0.29) is 22.3 Å². The Morgan fingerprint density at radius 2 is 1.55 bits per heavy atom. The van der Waals surface area contributed by atoms with Crippen LogP contribution in [0, 0.1) is 0 Å². The Bertz CT molecular complexity index is 545. The molecule has 104 valence electrons. The van der Waals surface area contributed by atoms with E-state index in [0.717, 1.165) is 10.5 Å². The lowest BCUT2D eigenvalue weighted by Crippen LogP contribution is -2.13. The molecule has 0 bridgehead atoms. The fourth-order valence-corrected chi connectivity index (χ4v) is 3.71. The molecule has 0 saturated carbocycles. The van der Waals surface area contributed by atoms with Crippen LogP contribution in [0.15, 0.2) is 65.6 Å². The van der Waals surface area contributed by atoms with Gasteiger partial charge in [0.25, 0.3) is 0 Å². The Morgan fingerprint density at radius 1 is 1.00 bits per heavy atom. The Morgan fingerprint density at radius 3 is 2.10 bits per heavy atom. The summed E-state index contributed by atoms with van der Waals surface area (Å²) in [5, 5.41) is -0.712. The van der Waals surface area contributed by atoms with Crippen LogP contribution in [0.2, 0.25) is 0 Å². The normalized spacial score (nSPS) is 13.7. The summed E-state index contributed by atoms with van der Waals surface area (Å²) in [6.07, 6.45) is 0.240. The van der Waals surface area contributed by atoms with Gasteiger partial charge >= 0.3 is 0 Å². The Kier molecular flexibility index (Phi) is 5.96. The summed E-state index contributed by atoms with van der Waals surface area (Å²) in [5.74, 6) is 0. The van der Waals surface area contributed by atoms with Crippen LogP contribution >= 0.6 is 35.0 Å². The molecule has 0 fully saturated rings. The van der Waals surface area contributed by atoms with E-state index in [0.29, 0.717) is 0 Å². The van der Waals surface area contributed by atoms with Crippen LogP contribution in [-0.2, 0) is 4.79 Å². The standard InChI is InChI=1S/C16H14Cl2OS/c17-15(19)11-14(20-13-9-5-2-6-10-13)16(18)12-7-3-1-4-8-12/h1-10,14,16H,11H2. The second kappa shape index (κ2) is 7.72. The van der Waals surface area contributed by atoms with Crippen molar-refractivity contribution < 1.29 is 4.79 Å². The summed E-state index contributed by atoms with van der Waals surface area (Å²) >= 11 is 13.7. The number of thioether (sulfide) groups is 1. The molecule has 0 spiro atoms. The van der Waals surface area contributed by atoms with Crippen LogP contribution in [0.5, 0.6) is 0 Å². The number of rotatable bonds is 6. The number of benzene rings is 2. The van der Waals surface area contributed by atoms with Crippen molar-refractivity contribution in [3.63, 3.8) is 0 Å². The monoisotopic (exact) mass is 324 g/mol. The predicted octanol–water partition coefficient (Wildman–Crippen LogP) is 5.28. The van der Waals surface area contributed by atoms with E-state index in [1.165, 1.54) is 0 Å². The van der Waals surface area contributed by atoms with Gasteiger partial charge in [0.15, 0.2) is 0 Å². The quantitative estimate of drug-likeness (QED) is 0.408. The molecule has 4 heteroatoms. The Labute approximate surface area is 133 Å². The van der Waals surface area contributed by atoms with Gasteiger partial charge in [0.1, 0.15) is 0 Å². The van der Waals surface area contributed by atoms with Gasteiger partial charge in [-0.1, -0.05) is 48.5 Å². The maximum atomic E-state index is 11.3. The molecule has 2 atom stereocenters. The van der Waals surface area contributed by atoms with Crippen LogP contribution < -0.4 is 0 Å². The minimum Gasteiger partial charge on any atom is -0.281 e. The Balaban J connectivity index is 2.17. The molecular weight excluding hydrogens is 311 g/mol. The summed E-state index contributed by atoms with van der Waals surface area (Å²) in [6.45, 7) is 0. The molecule has 0 heterocycles. The zero-order valence-corrected chi connectivity index (χ0v) is 13.0. The SMILES string of the molecule is O=C(Cl)CC(Sc1ccccc1)C(Cl)c1ccccc1. The predicted molar refractivity (Wildman–Crippen MR) is 86.6 cm³/mol. The average molecular weight is 325 g/mol. The number of carbonyl (C=O) groups excluding carboxylic acids is 1. The van der Waals surface area contributed by atoms with Crippen molar-refractivity contribution in [3.8, 4) is 0 Å². The summed E-state index contributed by atoms with van der Waals surface area (Å²) in [6, 6.07) is 19.7. The number of hydrogen-bond acceptors (Lipinski definition) is 2. The van der Waals surface area contributed by atoms with Crippen LogP contribution in [0.3, 0.4) is 0 Å². The van der Waals surface area contributed by atoms with Gasteiger partial charge in [0.05, 0.1) is 5.38 Å². The van der Waals surface area contributed by atoms with Crippen LogP contribution in [0.1, 0.15) is 17.4 Å². The maximum absolute atomic E-state index is 11.3. The first-order valence-corrected chi connectivity index (χ1v) is 7.95. The van der Waals surface area contributed by atoms with Gasteiger partial charge in [-0.2, -0.15) is 0 Å². The lowest BCUT2D eigenvalue weighted by molar-refractivity contribution is -0.111. The first-order chi connectivity index (χ1) is 9.66. The minimum atomic E-state index is -0.361. The van der Waals surface area contributed by atoms with Crippen molar-refractivity contribution in [1.29, 1.82) is 0 Å². The highest BCUT2D eigenvalue weighted by atomic mass is 35.5. The smallest absolute Gasteiger partial charge is 0.222 e. The summed E-state index contributed by atoms with van der Waals surface area (Å²) in [5.41, 5.74) is 1.00. The van der Waals surface area contributed by atoms with Gasteiger partial charge in [0.2, 0.25) is 5.24 Å². The van der Waals surface area contributed by atoms with E-state index in [2.05, 4.69) is 0 Å². The molecule has 0 amide bonds. The molecule has 1 nitrogen and oxygen atoms in total. The van der Waals surface area contributed by atoms with E-state index in [1.54, 1.807) is 11.8 Å². The van der Waals surface area contributed by atoms with E-state index in [1.807, 2.05) is 60.7 Å². The first kappa shape index (κ1) is 15.4. The second-order valence-electron chi connectivity index (χ2n) is 4.34. The lowest BCUT2D eigenvalue weighted by atomic mass is 10.1. The molecule has 2 unspecified atom stereocenters. The third-order valence-corrected chi connectivity index (χ3v) is 4.98. The molecule has 0 aliphatic carbocycles. The fraction of sp³-hybridized carbons (Fsp3) is 0.188. The molecule has 0 aliphatic heterocycles. The third kappa shape index (κ3) is 4.55. The van der Waals surface area contributed by atoms with Crippen LogP contribution in [0.4, 0.5) is 0 Å². The number of alkyl halides is 1. The van der Waals surface area contributed by atoms with Gasteiger partial charge in [-0.05, 0) is 29.3 Å². The van der Waals surface area contributed by atoms with Gasteiger partial charge in [-0.25, -0.2) is 0 Å². The van der Waals surface area contributed by atoms with Crippen molar-refractivity contribution >= 4 is 40.2 Å². The largest absolute Gasteiger partial charge is 0.281 e. The topological polar surface area (TPSA) is 17.1 Å². The van der Waals surface area contributed by atoms with Gasteiger partial charge in [-0.3, -0.25) is 4.79 Å². The van der Waals surface area contributed by atoms with Crippen LogP contribution in [0.25, 0.3) is 0 Å². The molecule has 2 aromatic rings. The molecule has 20 heavy (non-hydrogen) atoms. The summed E-state index contributed by atoms with van der Waals surface area (Å²) in [4.78, 5) is 12.4. The van der Waals surface area contributed by atoms with Crippen molar-refractivity contribution in [2.45, 2.75) is 21.9 Å². The van der Waals surface area contributed by atoms with Crippen molar-refractivity contribution in [2.24, 2.45) is 0 Å². The highest BCUT2D eigenvalue weighted by Crippen LogP contribution is 2.38. The molecule has 0 aliphatic rings. The zero-order valence-electron chi connectivity index (χ0n) is 10.7. The Hall–Kier alpha value is -0.960. The molecule has 0 saturated heterocycles. The van der Waals surface area contributed by atoms with Gasteiger partial charge in [-0.15, -0.1) is 23.4 Å². The number of hydrogen-bond donors (Lipinski definition) is 0. The lowest BCUT2D eigenvalue weighted by Gasteiger charge is -2.21. The van der Waals surface area contributed by atoms with E-state index in [9.17, 15) is 4.79 Å². The molecule has 0 aromatic heterocycles. The van der Waals surface area contributed by atoms with Crippen molar-refractivity contribution in [2.75, 3.05) is 0 Å². The molecule has 0 radical (unpaired) electrons. The number of halogens is 2. The van der Waals surface area contributed by atoms with Crippen molar-refractivity contribution in [3.05, 3.63) is 66.2 Å². The highest BCUT2D eigenvalue weighted by molar-refractivity contribution is 8.00. The van der Waals surface area contributed by atoms with Crippen molar-refractivity contribution in [1.82, 2.24) is 0 Å². The van der Waals surface area contributed by atoms with E-state index in [4.69, 9.17) is 23.2 Å². The average Bonchev–Trinajstić information content (AvgIpc) is 2.47. The summed E-state index contributed by atoms with van der Waals surface area (Å²) < 4.78 is 0. The minimum absolute atomic E-state index is 0.0912. The van der Waals surface area contributed by atoms with E-state index < -0.39 is 0 Å². The fourth-order valence-electron chi connectivity index (χ4n) is 1.89.